The van der Waals surface area contributed by atoms with Gasteiger partial charge in [-0.2, -0.15) is 13.9 Å². The van der Waals surface area contributed by atoms with Crippen molar-refractivity contribution in [3.05, 3.63) is 17.0 Å². The molecule has 1 amide bonds. The van der Waals surface area contributed by atoms with Crippen molar-refractivity contribution in [2.45, 2.75) is 45.7 Å². The number of piperidine rings is 1. The highest BCUT2D eigenvalue weighted by Crippen LogP contribution is 2.21. The molecule has 0 aliphatic carbocycles. The summed E-state index contributed by atoms with van der Waals surface area (Å²) in [4.78, 5) is 14.2. The molecular weight excluding hydrogens is 314 g/mol. The van der Waals surface area contributed by atoms with E-state index in [1.807, 2.05) is 11.9 Å². The van der Waals surface area contributed by atoms with Crippen LogP contribution in [-0.2, 0) is 11.2 Å². The van der Waals surface area contributed by atoms with E-state index in [2.05, 4.69) is 10.4 Å². The van der Waals surface area contributed by atoms with E-state index < -0.39 is 6.55 Å². The monoisotopic (exact) mass is 336 g/mol. The molecule has 1 saturated heterocycles. The van der Waals surface area contributed by atoms with Crippen LogP contribution in [0.2, 0.25) is 0 Å². The number of rotatable bonds is 4. The van der Waals surface area contributed by atoms with Crippen LogP contribution in [0.3, 0.4) is 0 Å². The summed E-state index contributed by atoms with van der Waals surface area (Å²) in [6.07, 6.45) is 2.16. The van der Waals surface area contributed by atoms with Gasteiger partial charge in [0.15, 0.2) is 0 Å². The van der Waals surface area contributed by atoms with Crippen LogP contribution in [0.1, 0.15) is 36.3 Å². The lowest BCUT2D eigenvalue weighted by Crippen LogP contribution is -2.47. The zero-order valence-electron chi connectivity index (χ0n) is 13.1. The van der Waals surface area contributed by atoms with Gasteiger partial charge in [-0.05, 0) is 33.7 Å². The summed E-state index contributed by atoms with van der Waals surface area (Å²) in [7, 11) is 1.89. The first-order valence-corrected chi connectivity index (χ1v) is 7.21. The first-order chi connectivity index (χ1) is 9.93. The molecule has 126 valence electrons. The average molecular weight is 337 g/mol. The molecule has 1 aromatic rings. The number of amides is 1. The predicted molar refractivity (Wildman–Crippen MR) is 82.6 cm³/mol. The van der Waals surface area contributed by atoms with Crippen molar-refractivity contribution in [1.29, 1.82) is 0 Å². The molecule has 8 heteroatoms. The maximum atomic E-state index is 12.8. The van der Waals surface area contributed by atoms with Crippen molar-refractivity contribution < 1.29 is 13.6 Å². The van der Waals surface area contributed by atoms with E-state index >= 15 is 0 Å². The quantitative estimate of drug-likeness (QED) is 0.915. The second-order valence-corrected chi connectivity index (χ2v) is 5.52. The Morgan fingerprint density at radius 3 is 2.68 bits per heavy atom. The minimum absolute atomic E-state index is 0. The number of carbonyl (C=O) groups excluding carboxylic acids is 1. The maximum Gasteiger partial charge on any atom is 0.333 e. The smallest absolute Gasteiger partial charge is 0.333 e. The molecule has 5 nitrogen and oxygen atoms in total. The van der Waals surface area contributed by atoms with Gasteiger partial charge >= 0.3 is 6.55 Å². The van der Waals surface area contributed by atoms with Crippen LogP contribution in [0.4, 0.5) is 8.78 Å². The predicted octanol–water partition coefficient (Wildman–Crippen LogP) is 2.07. The minimum atomic E-state index is -2.67. The molecule has 1 atom stereocenters. The van der Waals surface area contributed by atoms with E-state index in [9.17, 15) is 13.6 Å². The van der Waals surface area contributed by atoms with Crippen LogP contribution in [-0.4, -0.2) is 46.8 Å². The molecule has 0 spiro atoms. The molecule has 2 heterocycles. The Balaban J connectivity index is 0.00000242. The number of aromatic nitrogens is 2. The molecule has 1 aromatic heterocycles. The van der Waals surface area contributed by atoms with Gasteiger partial charge in [0.25, 0.3) is 0 Å². The molecule has 0 bridgehead atoms. The Kier molecular flexibility index (Phi) is 6.74. The molecule has 1 aliphatic rings. The van der Waals surface area contributed by atoms with E-state index in [1.54, 1.807) is 13.8 Å². The molecule has 1 N–H and O–H groups in total. The minimum Gasteiger partial charge on any atom is -0.341 e. The summed E-state index contributed by atoms with van der Waals surface area (Å²) < 4.78 is 26.3. The van der Waals surface area contributed by atoms with Crippen LogP contribution < -0.4 is 5.32 Å². The third-order valence-electron chi connectivity index (χ3n) is 4.17. The van der Waals surface area contributed by atoms with Crippen LogP contribution >= 0.6 is 12.4 Å². The van der Waals surface area contributed by atoms with Gasteiger partial charge in [0.1, 0.15) is 0 Å². The molecular formula is C14H23ClF2N4O. The fourth-order valence-corrected chi connectivity index (χ4v) is 2.85. The highest BCUT2D eigenvalue weighted by Gasteiger charge is 2.25. The van der Waals surface area contributed by atoms with Crippen molar-refractivity contribution in [2.24, 2.45) is 0 Å². The lowest BCUT2D eigenvalue weighted by atomic mass is 10.0. The second kappa shape index (κ2) is 7.87. The zero-order valence-corrected chi connectivity index (χ0v) is 13.9. The highest BCUT2D eigenvalue weighted by atomic mass is 35.5. The van der Waals surface area contributed by atoms with Crippen LogP contribution in [0.25, 0.3) is 0 Å². The van der Waals surface area contributed by atoms with E-state index in [-0.39, 0.29) is 24.7 Å². The first kappa shape index (κ1) is 18.8. The Hall–Kier alpha value is -1.21. The lowest BCUT2D eigenvalue weighted by molar-refractivity contribution is -0.131. The fraction of sp³-hybridized carbons (Fsp3) is 0.714. The summed E-state index contributed by atoms with van der Waals surface area (Å²) in [5, 5.41) is 7.01. The molecule has 22 heavy (non-hydrogen) atoms. The number of halogens is 3. The lowest BCUT2D eigenvalue weighted by Gasteiger charge is -2.32. The van der Waals surface area contributed by atoms with Gasteiger partial charge in [-0.15, -0.1) is 12.4 Å². The summed E-state index contributed by atoms with van der Waals surface area (Å²) in [6, 6.07) is 0.314. The van der Waals surface area contributed by atoms with Crippen molar-refractivity contribution >= 4 is 18.3 Å². The van der Waals surface area contributed by atoms with Gasteiger partial charge < -0.3 is 10.2 Å². The van der Waals surface area contributed by atoms with E-state index in [1.165, 1.54) is 0 Å². The molecule has 0 radical (unpaired) electrons. The fourth-order valence-electron chi connectivity index (χ4n) is 2.85. The number of hydrogen-bond acceptors (Lipinski definition) is 3. The van der Waals surface area contributed by atoms with Gasteiger partial charge in [0.2, 0.25) is 5.91 Å². The first-order valence-electron chi connectivity index (χ1n) is 7.21. The molecule has 1 fully saturated rings. The van der Waals surface area contributed by atoms with Crippen molar-refractivity contribution in [3.8, 4) is 0 Å². The maximum absolute atomic E-state index is 12.8. The SMILES string of the molecule is CNC1CCCN(C(=O)Cc2c(C)nn(C(F)F)c2C)C1.Cl. The second-order valence-electron chi connectivity index (χ2n) is 5.52. The van der Waals surface area contributed by atoms with Crippen molar-refractivity contribution in [2.75, 3.05) is 20.1 Å². The normalized spacial score (nSPS) is 18.5. The van der Waals surface area contributed by atoms with E-state index in [4.69, 9.17) is 0 Å². The third-order valence-corrected chi connectivity index (χ3v) is 4.17. The molecule has 2 rings (SSSR count). The summed E-state index contributed by atoms with van der Waals surface area (Å²) >= 11 is 0. The number of likely N-dealkylation sites (N-methyl/N-ethyl adjacent to an activating group) is 1. The van der Waals surface area contributed by atoms with Gasteiger partial charge in [0, 0.05) is 30.4 Å². The largest absolute Gasteiger partial charge is 0.341 e. The zero-order chi connectivity index (χ0) is 15.6. The van der Waals surface area contributed by atoms with Crippen LogP contribution in [0, 0.1) is 13.8 Å². The number of hydrogen-bond donors (Lipinski definition) is 1. The Morgan fingerprint density at radius 1 is 1.45 bits per heavy atom. The molecule has 1 unspecified atom stereocenters. The van der Waals surface area contributed by atoms with Gasteiger partial charge in [-0.3, -0.25) is 4.79 Å². The average Bonchev–Trinajstić information content (AvgIpc) is 2.75. The van der Waals surface area contributed by atoms with Crippen LogP contribution in [0.5, 0.6) is 0 Å². The van der Waals surface area contributed by atoms with Crippen molar-refractivity contribution in [3.63, 3.8) is 0 Å². The molecule has 0 saturated carbocycles. The van der Waals surface area contributed by atoms with Gasteiger partial charge in [-0.1, -0.05) is 0 Å². The standard InChI is InChI=1S/C14H22F2N4O.ClH/c1-9-12(10(2)20(18-9)14(15)16)7-13(21)19-6-4-5-11(8-19)17-3;/h11,14,17H,4-8H2,1-3H3;1H. The van der Waals surface area contributed by atoms with Gasteiger partial charge in [0.05, 0.1) is 12.1 Å². The Labute approximate surface area is 135 Å². The Morgan fingerprint density at radius 2 is 2.14 bits per heavy atom. The topological polar surface area (TPSA) is 50.2 Å². The molecule has 0 aromatic carbocycles. The molecule has 1 aliphatic heterocycles. The third kappa shape index (κ3) is 3.95. The number of nitrogens with zero attached hydrogens (tertiary/aromatic N) is 3. The summed E-state index contributed by atoms with van der Waals surface area (Å²) in [6.45, 7) is 1.99. The number of likely N-dealkylation sites (tertiary alicyclic amines) is 1. The Bertz CT molecular complexity index is 521. The van der Waals surface area contributed by atoms with Crippen molar-refractivity contribution in [1.82, 2.24) is 20.0 Å². The number of carbonyl (C=O) groups is 1. The summed E-state index contributed by atoms with van der Waals surface area (Å²) in [5.74, 6) is -0.0185. The number of nitrogens with one attached hydrogen (secondary N) is 1. The summed E-state index contributed by atoms with van der Waals surface area (Å²) in [5.41, 5.74) is 1.49. The number of alkyl halides is 2. The van der Waals surface area contributed by atoms with E-state index in [0.717, 1.165) is 19.4 Å². The van der Waals surface area contributed by atoms with E-state index in [0.29, 0.717) is 34.2 Å². The van der Waals surface area contributed by atoms with Crippen LogP contribution in [0.15, 0.2) is 0 Å². The number of aryl methyl sites for hydroxylation is 1. The van der Waals surface area contributed by atoms with Gasteiger partial charge in [-0.25, -0.2) is 4.68 Å². The highest BCUT2D eigenvalue weighted by molar-refractivity contribution is 5.85.